The zero-order valence-electron chi connectivity index (χ0n) is 12.5. The molecule has 0 bridgehead atoms. The highest BCUT2D eigenvalue weighted by Gasteiger charge is 2.49. The summed E-state index contributed by atoms with van der Waals surface area (Å²) < 4.78 is 61.2. The van der Waals surface area contributed by atoms with Crippen molar-refractivity contribution in [3.63, 3.8) is 0 Å². The molecule has 0 unspecified atom stereocenters. The molecule has 0 aromatic heterocycles. The second kappa shape index (κ2) is 6.56. The van der Waals surface area contributed by atoms with Crippen molar-refractivity contribution in [3.05, 3.63) is 48.0 Å². The van der Waals surface area contributed by atoms with Gasteiger partial charge >= 0.3 is 21.6 Å². The van der Waals surface area contributed by atoms with Gasteiger partial charge in [0.25, 0.3) is 0 Å². The van der Waals surface area contributed by atoms with Crippen molar-refractivity contribution in [2.24, 2.45) is 0 Å². The number of hydrogen-bond donors (Lipinski definition) is 0. The number of hydrogen-bond acceptors (Lipinski definition) is 5. The van der Waals surface area contributed by atoms with E-state index >= 15 is 0 Å². The van der Waals surface area contributed by atoms with Gasteiger partial charge < -0.3 is 0 Å². The average molecular weight is 364 g/mol. The number of benzene rings is 1. The van der Waals surface area contributed by atoms with Crippen LogP contribution in [0.25, 0.3) is 0 Å². The Morgan fingerprint density at radius 2 is 1.88 bits per heavy atom. The maximum Gasteiger partial charge on any atom is 0.526 e. The minimum Gasteiger partial charge on any atom is -0.276 e. The highest BCUT2D eigenvalue weighted by Crippen LogP contribution is 2.42. The molecule has 5 nitrogen and oxygen atoms in total. The lowest BCUT2D eigenvalue weighted by atomic mass is 9.78. The maximum absolute atomic E-state index is 12.1. The smallest absolute Gasteiger partial charge is 0.276 e. The fourth-order valence-corrected chi connectivity index (χ4v) is 2.96. The number of halogens is 3. The van der Waals surface area contributed by atoms with Gasteiger partial charge in [-0.25, -0.2) is 4.79 Å². The highest BCUT2D eigenvalue weighted by molar-refractivity contribution is 7.87. The number of carbonyl (C=O) groups is 1. The Hall–Kier alpha value is -1.87. The van der Waals surface area contributed by atoms with Crippen LogP contribution in [0.4, 0.5) is 13.2 Å². The second-order valence-electron chi connectivity index (χ2n) is 5.49. The SMILES string of the molecule is C=CC1(c2cccc(C(=O)OOS(=O)(=O)C(F)(F)F)c2)CCCC1. The predicted octanol–water partition coefficient (Wildman–Crippen LogP) is 3.62. The molecule has 0 spiro atoms. The normalized spacial score (nSPS) is 17.5. The molecule has 0 N–H and O–H groups in total. The second-order valence-corrected chi connectivity index (χ2v) is 6.99. The van der Waals surface area contributed by atoms with E-state index in [9.17, 15) is 26.4 Å². The lowest BCUT2D eigenvalue weighted by Gasteiger charge is -2.25. The third-order valence-corrected chi connectivity index (χ3v) is 4.86. The Kier molecular flexibility index (Phi) is 5.05. The third-order valence-electron chi connectivity index (χ3n) is 4.04. The predicted molar refractivity (Wildman–Crippen MR) is 78.3 cm³/mol. The van der Waals surface area contributed by atoms with Gasteiger partial charge in [-0.05, 0) is 34.9 Å². The molecule has 0 radical (unpaired) electrons. The van der Waals surface area contributed by atoms with Crippen molar-refractivity contribution in [1.29, 1.82) is 0 Å². The lowest BCUT2D eigenvalue weighted by molar-refractivity contribution is -0.163. The highest BCUT2D eigenvalue weighted by atomic mass is 32.2. The van der Waals surface area contributed by atoms with E-state index in [0.717, 1.165) is 31.2 Å². The molecule has 0 aliphatic heterocycles. The standard InChI is InChI=1S/C15H15F3O5S/c1-2-14(8-3-4-9-14)12-7-5-6-11(10-12)13(19)22-23-24(20,21)15(16,17)18/h2,5-7,10H,1,3-4,8-9H2. The van der Waals surface area contributed by atoms with Crippen LogP contribution in [-0.2, 0) is 24.8 Å². The van der Waals surface area contributed by atoms with Crippen LogP contribution in [0.1, 0.15) is 41.6 Å². The molecule has 1 fully saturated rings. The summed E-state index contributed by atoms with van der Waals surface area (Å²) in [4.78, 5) is 15.6. The lowest BCUT2D eigenvalue weighted by Crippen LogP contribution is -2.27. The van der Waals surface area contributed by atoms with E-state index in [2.05, 4.69) is 15.8 Å². The van der Waals surface area contributed by atoms with Crippen LogP contribution in [0.5, 0.6) is 0 Å². The summed E-state index contributed by atoms with van der Waals surface area (Å²) >= 11 is 0. The summed E-state index contributed by atoms with van der Waals surface area (Å²) in [5.74, 6) is -1.33. The zero-order valence-corrected chi connectivity index (χ0v) is 13.3. The van der Waals surface area contributed by atoms with Crippen molar-refractivity contribution >= 4 is 16.1 Å². The maximum atomic E-state index is 12.1. The number of carbonyl (C=O) groups excluding carboxylic acids is 1. The van der Waals surface area contributed by atoms with Crippen LogP contribution in [0.15, 0.2) is 36.9 Å². The van der Waals surface area contributed by atoms with Crippen molar-refractivity contribution < 1.29 is 35.6 Å². The average Bonchev–Trinajstić information content (AvgIpc) is 3.02. The molecule has 0 atom stereocenters. The van der Waals surface area contributed by atoms with Crippen molar-refractivity contribution in [3.8, 4) is 0 Å². The van der Waals surface area contributed by atoms with Crippen LogP contribution in [0.2, 0.25) is 0 Å². The first-order chi connectivity index (χ1) is 11.1. The molecule has 1 aromatic carbocycles. The summed E-state index contributed by atoms with van der Waals surface area (Å²) in [7, 11) is -6.00. The van der Waals surface area contributed by atoms with E-state index in [1.54, 1.807) is 12.1 Å². The van der Waals surface area contributed by atoms with Gasteiger partial charge in [0.15, 0.2) is 0 Å². The Balaban J connectivity index is 2.17. The van der Waals surface area contributed by atoms with E-state index in [1.807, 2.05) is 0 Å². The summed E-state index contributed by atoms with van der Waals surface area (Å²) in [6, 6.07) is 6.05. The quantitative estimate of drug-likeness (QED) is 0.345. The van der Waals surface area contributed by atoms with Crippen LogP contribution < -0.4 is 0 Å². The Labute approximate surface area is 137 Å². The Morgan fingerprint density at radius 1 is 1.25 bits per heavy atom. The van der Waals surface area contributed by atoms with E-state index in [4.69, 9.17) is 0 Å². The molecule has 1 aliphatic rings. The van der Waals surface area contributed by atoms with Crippen molar-refractivity contribution in [2.75, 3.05) is 0 Å². The largest absolute Gasteiger partial charge is 0.526 e. The molecular weight excluding hydrogens is 349 g/mol. The molecule has 0 saturated heterocycles. The molecule has 1 aromatic rings. The third kappa shape index (κ3) is 3.62. The van der Waals surface area contributed by atoms with E-state index in [0.29, 0.717) is 0 Å². The first-order valence-corrected chi connectivity index (χ1v) is 8.48. The molecule has 1 saturated carbocycles. The van der Waals surface area contributed by atoms with Gasteiger partial charge in [-0.2, -0.15) is 21.6 Å². The Bertz CT molecular complexity index is 734. The Morgan fingerprint density at radius 3 is 2.42 bits per heavy atom. The first-order valence-electron chi connectivity index (χ1n) is 7.07. The van der Waals surface area contributed by atoms with E-state index in [-0.39, 0.29) is 11.0 Å². The summed E-state index contributed by atoms with van der Waals surface area (Å²) in [5, 5.41) is 0. The van der Waals surface area contributed by atoms with Crippen molar-refractivity contribution in [2.45, 2.75) is 36.6 Å². The molecule has 2 rings (SSSR count). The molecule has 9 heteroatoms. The molecular formula is C15H15F3O5S. The van der Waals surface area contributed by atoms with Crippen LogP contribution in [0.3, 0.4) is 0 Å². The van der Waals surface area contributed by atoms with Gasteiger partial charge in [0.05, 0.1) is 5.56 Å². The summed E-state index contributed by atoms with van der Waals surface area (Å²) in [5.41, 5.74) is -5.33. The number of rotatable bonds is 5. The van der Waals surface area contributed by atoms with Crippen LogP contribution >= 0.6 is 0 Å². The number of allylic oxidation sites excluding steroid dienone is 1. The van der Waals surface area contributed by atoms with Gasteiger partial charge in [-0.15, -0.1) is 6.58 Å². The number of alkyl halides is 3. The molecule has 24 heavy (non-hydrogen) atoms. The topological polar surface area (TPSA) is 69.7 Å². The fraction of sp³-hybridized carbons (Fsp3) is 0.400. The van der Waals surface area contributed by atoms with E-state index < -0.39 is 21.6 Å². The van der Waals surface area contributed by atoms with Crippen LogP contribution in [0, 0.1) is 0 Å². The fourth-order valence-electron chi connectivity index (χ4n) is 2.73. The molecule has 0 amide bonds. The molecule has 0 heterocycles. The zero-order chi connectivity index (χ0) is 18.0. The minimum atomic E-state index is -6.00. The minimum absolute atomic E-state index is 0.113. The molecule has 132 valence electrons. The van der Waals surface area contributed by atoms with Gasteiger partial charge in [0, 0.05) is 5.41 Å². The van der Waals surface area contributed by atoms with Gasteiger partial charge in [-0.3, -0.25) is 4.89 Å². The summed E-state index contributed by atoms with van der Waals surface area (Å²) in [6.45, 7) is 3.82. The van der Waals surface area contributed by atoms with Crippen LogP contribution in [-0.4, -0.2) is 19.9 Å². The summed E-state index contributed by atoms with van der Waals surface area (Å²) in [6.07, 6.45) is 5.46. The monoisotopic (exact) mass is 364 g/mol. The molecule has 1 aliphatic carbocycles. The van der Waals surface area contributed by atoms with Crippen molar-refractivity contribution in [1.82, 2.24) is 0 Å². The van der Waals surface area contributed by atoms with Gasteiger partial charge in [0.1, 0.15) is 0 Å². The van der Waals surface area contributed by atoms with Gasteiger partial charge in [-0.1, -0.05) is 31.1 Å². The van der Waals surface area contributed by atoms with Gasteiger partial charge in [0.2, 0.25) is 0 Å². The van der Waals surface area contributed by atoms with E-state index in [1.165, 1.54) is 18.2 Å². The first kappa shape index (κ1) is 18.5.